The highest BCUT2D eigenvalue weighted by Gasteiger charge is 2.38. The Labute approximate surface area is 97.1 Å². The number of carbonyl (C=O) groups is 1. The number of allylic oxidation sites excluding steroid dienone is 1. The second kappa shape index (κ2) is 4.23. The molecule has 2 heteroatoms. The van der Waals surface area contributed by atoms with Gasteiger partial charge in [-0.05, 0) is 50.4 Å². The number of esters is 1. The van der Waals surface area contributed by atoms with E-state index >= 15 is 0 Å². The molecule has 0 aromatic rings. The molecular formula is C14H15O2. The molecule has 3 aliphatic carbocycles. The van der Waals surface area contributed by atoms with Crippen LogP contribution in [-0.4, -0.2) is 12.1 Å². The van der Waals surface area contributed by atoms with E-state index in [1.54, 1.807) is 0 Å². The molecule has 3 unspecified atom stereocenters. The maximum absolute atomic E-state index is 11.7. The van der Waals surface area contributed by atoms with Crippen LogP contribution in [0.5, 0.6) is 0 Å². The maximum atomic E-state index is 11.7. The summed E-state index contributed by atoms with van der Waals surface area (Å²) in [4.78, 5) is 11.7. The molecule has 0 aromatic carbocycles. The quantitative estimate of drug-likeness (QED) is 0.533. The minimum Gasteiger partial charge on any atom is -0.462 e. The van der Waals surface area contributed by atoms with E-state index in [9.17, 15) is 4.79 Å². The maximum Gasteiger partial charge on any atom is 0.306 e. The monoisotopic (exact) mass is 215 g/mol. The van der Waals surface area contributed by atoms with E-state index < -0.39 is 0 Å². The number of hydrogen-bond donors (Lipinski definition) is 0. The highest BCUT2D eigenvalue weighted by Crippen LogP contribution is 2.41. The molecule has 5 radical (unpaired) electrons. The number of ether oxygens (including phenoxy) is 1. The molecular weight excluding hydrogens is 200 g/mol. The lowest BCUT2D eigenvalue weighted by atomic mass is 10.0. The molecule has 3 aliphatic rings. The Balaban J connectivity index is 1.47. The van der Waals surface area contributed by atoms with Gasteiger partial charge in [0.2, 0.25) is 0 Å². The summed E-state index contributed by atoms with van der Waals surface area (Å²) in [5.41, 5.74) is 0. The Bertz CT molecular complexity index is 302. The molecule has 0 spiro atoms. The van der Waals surface area contributed by atoms with Crippen molar-refractivity contribution >= 4 is 5.97 Å². The summed E-state index contributed by atoms with van der Waals surface area (Å²) >= 11 is 0. The minimum atomic E-state index is -0.0860. The molecule has 0 aromatic heterocycles. The molecule has 0 saturated heterocycles. The van der Waals surface area contributed by atoms with Gasteiger partial charge in [-0.2, -0.15) is 0 Å². The fraction of sp³-hybridized carbons (Fsp3) is 0.429. The average Bonchev–Trinajstić information content (AvgIpc) is 2.92. The van der Waals surface area contributed by atoms with E-state index in [-0.39, 0.29) is 12.1 Å². The first-order chi connectivity index (χ1) is 7.81. The van der Waals surface area contributed by atoms with Crippen molar-refractivity contribution in [1.82, 2.24) is 0 Å². The van der Waals surface area contributed by atoms with Crippen LogP contribution < -0.4 is 0 Å². The molecule has 0 N–H and O–H groups in total. The first kappa shape index (κ1) is 10.4. The minimum absolute atomic E-state index is 0.0860. The number of hydrogen-bond acceptors (Lipinski definition) is 2. The Hall–Kier alpha value is -0.790. The van der Waals surface area contributed by atoms with Gasteiger partial charge in [0.05, 0.1) is 6.42 Å². The van der Waals surface area contributed by atoms with Crippen molar-refractivity contribution < 1.29 is 9.53 Å². The molecule has 2 saturated carbocycles. The van der Waals surface area contributed by atoms with Gasteiger partial charge in [0.1, 0.15) is 6.10 Å². The molecule has 3 atom stereocenters. The van der Waals surface area contributed by atoms with Crippen LogP contribution in [-0.2, 0) is 9.53 Å². The Kier molecular flexibility index (Phi) is 2.74. The summed E-state index contributed by atoms with van der Waals surface area (Å²) in [6, 6.07) is 0. The molecule has 3 rings (SSSR count). The van der Waals surface area contributed by atoms with Gasteiger partial charge < -0.3 is 4.74 Å². The number of fused-ring (bicyclic) bond motifs is 2. The van der Waals surface area contributed by atoms with E-state index in [1.807, 2.05) is 25.7 Å². The normalized spacial score (nSPS) is 37.1. The SMILES string of the molecule is O=C(C[C]1[CH][CH][CH][CH]1)OC1CC2C=CC1C2. The van der Waals surface area contributed by atoms with Crippen LogP contribution in [0.15, 0.2) is 12.2 Å². The van der Waals surface area contributed by atoms with Gasteiger partial charge in [-0.25, -0.2) is 0 Å². The third kappa shape index (κ3) is 2.02. The van der Waals surface area contributed by atoms with Crippen LogP contribution in [0.2, 0.25) is 0 Å². The van der Waals surface area contributed by atoms with E-state index in [0.29, 0.717) is 18.3 Å². The summed E-state index contributed by atoms with van der Waals surface area (Å²) in [6.07, 6.45) is 15.0. The van der Waals surface area contributed by atoms with E-state index in [1.165, 1.54) is 6.42 Å². The van der Waals surface area contributed by atoms with Crippen LogP contribution in [0.25, 0.3) is 0 Å². The highest BCUT2D eigenvalue weighted by atomic mass is 16.5. The lowest BCUT2D eigenvalue weighted by molar-refractivity contribution is -0.149. The Morgan fingerprint density at radius 2 is 2.06 bits per heavy atom. The van der Waals surface area contributed by atoms with Gasteiger partial charge in [-0.3, -0.25) is 4.79 Å². The van der Waals surface area contributed by atoms with Crippen molar-refractivity contribution in [2.45, 2.75) is 25.4 Å². The van der Waals surface area contributed by atoms with Crippen LogP contribution in [0, 0.1) is 43.4 Å². The van der Waals surface area contributed by atoms with Gasteiger partial charge in [0, 0.05) is 5.92 Å². The van der Waals surface area contributed by atoms with Crippen molar-refractivity contribution in [3.8, 4) is 0 Å². The van der Waals surface area contributed by atoms with E-state index in [0.717, 1.165) is 12.3 Å². The van der Waals surface area contributed by atoms with E-state index in [2.05, 4.69) is 12.2 Å². The van der Waals surface area contributed by atoms with Crippen LogP contribution in [0.4, 0.5) is 0 Å². The molecule has 2 bridgehead atoms. The van der Waals surface area contributed by atoms with Gasteiger partial charge in [0.25, 0.3) is 0 Å². The largest absolute Gasteiger partial charge is 0.462 e. The summed E-state index contributed by atoms with van der Waals surface area (Å²) in [5.74, 6) is 2.09. The zero-order chi connectivity index (χ0) is 11.0. The standard InChI is InChI=1S/C14H15O2/c15-14(9-10-3-1-2-4-10)16-13-8-11-5-6-12(13)7-11/h1-6,11-13H,7-9H2. The first-order valence-electron chi connectivity index (χ1n) is 5.89. The van der Waals surface area contributed by atoms with Crippen molar-refractivity contribution in [1.29, 1.82) is 0 Å². The predicted octanol–water partition coefficient (Wildman–Crippen LogP) is 2.29. The lowest BCUT2D eigenvalue weighted by Crippen LogP contribution is -2.23. The summed E-state index contributed by atoms with van der Waals surface area (Å²) < 4.78 is 5.53. The molecule has 2 fully saturated rings. The number of rotatable bonds is 3. The van der Waals surface area contributed by atoms with Crippen molar-refractivity contribution in [3.63, 3.8) is 0 Å². The second-order valence-corrected chi connectivity index (χ2v) is 4.78. The van der Waals surface area contributed by atoms with Crippen LogP contribution >= 0.6 is 0 Å². The second-order valence-electron chi connectivity index (χ2n) is 4.78. The molecule has 16 heavy (non-hydrogen) atoms. The van der Waals surface area contributed by atoms with Gasteiger partial charge in [-0.1, -0.05) is 12.2 Å². The van der Waals surface area contributed by atoms with Crippen LogP contribution in [0.3, 0.4) is 0 Å². The molecule has 0 aliphatic heterocycles. The Morgan fingerprint density at radius 3 is 2.69 bits per heavy atom. The summed E-state index contributed by atoms with van der Waals surface area (Å²) in [7, 11) is 0. The van der Waals surface area contributed by atoms with Crippen LogP contribution in [0.1, 0.15) is 19.3 Å². The van der Waals surface area contributed by atoms with Gasteiger partial charge >= 0.3 is 5.97 Å². The third-order valence-corrected chi connectivity index (χ3v) is 3.58. The Morgan fingerprint density at radius 1 is 1.25 bits per heavy atom. The smallest absolute Gasteiger partial charge is 0.306 e. The summed E-state index contributed by atoms with van der Waals surface area (Å²) in [5, 5.41) is 0. The fourth-order valence-corrected chi connectivity index (χ4v) is 2.77. The molecule has 0 amide bonds. The first-order valence-corrected chi connectivity index (χ1v) is 5.89. The number of carbonyl (C=O) groups excluding carboxylic acids is 1. The molecule has 83 valence electrons. The van der Waals surface area contributed by atoms with Crippen molar-refractivity contribution in [2.24, 2.45) is 11.8 Å². The fourth-order valence-electron chi connectivity index (χ4n) is 2.77. The molecule has 2 nitrogen and oxygen atoms in total. The van der Waals surface area contributed by atoms with E-state index in [4.69, 9.17) is 4.74 Å². The molecule has 0 heterocycles. The predicted molar refractivity (Wildman–Crippen MR) is 60.3 cm³/mol. The van der Waals surface area contributed by atoms with Crippen molar-refractivity contribution in [2.75, 3.05) is 0 Å². The van der Waals surface area contributed by atoms with Crippen molar-refractivity contribution in [3.05, 3.63) is 43.8 Å². The van der Waals surface area contributed by atoms with Gasteiger partial charge in [0.15, 0.2) is 0 Å². The lowest BCUT2D eigenvalue weighted by Gasteiger charge is -2.19. The zero-order valence-electron chi connectivity index (χ0n) is 9.13. The van der Waals surface area contributed by atoms with Gasteiger partial charge in [-0.15, -0.1) is 0 Å². The zero-order valence-corrected chi connectivity index (χ0v) is 9.13. The topological polar surface area (TPSA) is 26.3 Å². The summed E-state index contributed by atoms with van der Waals surface area (Å²) in [6.45, 7) is 0. The highest BCUT2D eigenvalue weighted by molar-refractivity contribution is 5.74. The average molecular weight is 215 g/mol. The third-order valence-electron chi connectivity index (χ3n) is 3.58.